The van der Waals surface area contributed by atoms with Gasteiger partial charge in [-0.25, -0.2) is 4.39 Å². The minimum Gasteiger partial charge on any atom is -0.366 e. The number of hydrogen-bond acceptors (Lipinski definition) is 1. The zero-order valence-corrected chi connectivity index (χ0v) is 24.8. The lowest BCUT2D eigenvalue weighted by molar-refractivity contribution is 0.212. The van der Waals surface area contributed by atoms with E-state index in [2.05, 4.69) is 96.8 Å². The maximum Gasteiger partial charge on any atom is 0.123 e. The Morgan fingerprint density at radius 3 is 2.16 bits per heavy atom. The van der Waals surface area contributed by atoms with Crippen molar-refractivity contribution in [3.63, 3.8) is 0 Å². The van der Waals surface area contributed by atoms with Crippen molar-refractivity contribution in [2.45, 2.75) is 68.9 Å². The van der Waals surface area contributed by atoms with Gasteiger partial charge in [0.2, 0.25) is 0 Å². The molecule has 0 saturated heterocycles. The topological polar surface area (TPSA) is 3.24 Å². The van der Waals surface area contributed by atoms with Gasteiger partial charge >= 0.3 is 0 Å². The highest BCUT2D eigenvalue weighted by atomic mass is 19.1. The van der Waals surface area contributed by atoms with Gasteiger partial charge in [0.05, 0.1) is 0 Å². The van der Waals surface area contributed by atoms with E-state index >= 15 is 0 Å². The normalized spacial score (nSPS) is 29.2. The first-order valence-electron chi connectivity index (χ1n) is 16.4. The third kappa shape index (κ3) is 3.75. The van der Waals surface area contributed by atoms with Gasteiger partial charge in [0, 0.05) is 23.2 Å². The second kappa shape index (κ2) is 9.55. The number of fused-ring (bicyclic) bond motifs is 5. The van der Waals surface area contributed by atoms with E-state index in [1.54, 1.807) is 17.7 Å². The summed E-state index contributed by atoms with van der Waals surface area (Å²) in [6.07, 6.45) is 16.3. The molecule has 4 aromatic carbocycles. The number of allylic oxidation sites excluding steroid dienone is 4. The Kier molecular flexibility index (Phi) is 5.68. The molecule has 2 heteroatoms. The van der Waals surface area contributed by atoms with Crippen LogP contribution < -0.4 is 4.90 Å². The molecular weight excluding hydrogens is 525 g/mol. The predicted molar refractivity (Wildman–Crippen MR) is 176 cm³/mol. The van der Waals surface area contributed by atoms with Gasteiger partial charge in [-0.15, -0.1) is 0 Å². The summed E-state index contributed by atoms with van der Waals surface area (Å²) < 4.78 is 14.2. The molecule has 4 unspecified atom stereocenters. The van der Waals surface area contributed by atoms with E-state index in [0.29, 0.717) is 29.8 Å². The second-order valence-corrected chi connectivity index (χ2v) is 13.9. The van der Waals surface area contributed by atoms with Crippen LogP contribution in [0.1, 0.15) is 62.5 Å². The van der Waals surface area contributed by atoms with Crippen molar-refractivity contribution in [2.24, 2.45) is 11.8 Å². The summed E-state index contributed by atoms with van der Waals surface area (Å²) in [5.74, 6) is 1.56. The van der Waals surface area contributed by atoms with E-state index in [9.17, 15) is 4.39 Å². The molecule has 0 radical (unpaired) electrons. The minimum atomic E-state index is -0.154. The number of anilines is 1. The maximum absolute atomic E-state index is 14.2. The van der Waals surface area contributed by atoms with Crippen molar-refractivity contribution in [1.29, 1.82) is 0 Å². The molecule has 0 spiro atoms. The van der Waals surface area contributed by atoms with Crippen molar-refractivity contribution in [1.82, 2.24) is 0 Å². The molecular formula is C41H38FN. The van der Waals surface area contributed by atoms with Crippen molar-refractivity contribution in [3.8, 4) is 33.4 Å². The summed E-state index contributed by atoms with van der Waals surface area (Å²) in [6, 6.07) is 31.5. The van der Waals surface area contributed by atoms with Crippen molar-refractivity contribution >= 4 is 5.69 Å². The SMILES string of the molecule is C[C@]12CC(N(c3ccc(F)cc3)C3CC[C@H]4C=CC=CC4C3)CCC1c1cccc3c1-c1ccccc1-c1cccc-3c12. The molecule has 0 aromatic heterocycles. The van der Waals surface area contributed by atoms with Crippen LogP contribution in [0, 0.1) is 17.7 Å². The molecule has 1 nitrogen and oxygen atoms in total. The Hall–Kier alpha value is -3.91. The number of nitrogens with zero attached hydrogens (tertiary/aromatic N) is 1. The van der Waals surface area contributed by atoms with E-state index in [1.807, 2.05) is 12.1 Å². The summed E-state index contributed by atoms with van der Waals surface area (Å²) in [4.78, 5) is 2.76. The molecule has 0 aliphatic heterocycles. The zero-order valence-electron chi connectivity index (χ0n) is 24.8. The largest absolute Gasteiger partial charge is 0.366 e. The number of halogens is 1. The van der Waals surface area contributed by atoms with Gasteiger partial charge in [0.15, 0.2) is 0 Å². The smallest absolute Gasteiger partial charge is 0.123 e. The van der Waals surface area contributed by atoms with E-state index in [1.165, 1.54) is 63.9 Å². The highest BCUT2D eigenvalue weighted by Gasteiger charge is 2.50. The lowest BCUT2D eigenvalue weighted by Gasteiger charge is -2.53. The second-order valence-electron chi connectivity index (χ2n) is 13.9. The fourth-order valence-electron chi connectivity index (χ4n) is 10.0. The Labute approximate surface area is 254 Å². The molecule has 9 rings (SSSR count). The molecule has 6 atom stereocenters. The van der Waals surface area contributed by atoms with Crippen LogP contribution in [0.5, 0.6) is 0 Å². The zero-order chi connectivity index (χ0) is 28.7. The first kappa shape index (κ1) is 25.6. The summed E-state index contributed by atoms with van der Waals surface area (Å²) in [7, 11) is 0. The van der Waals surface area contributed by atoms with E-state index in [-0.39, 0.29) is 11.2 Å². The number of hydrogen-bond donors (Lipinski definition) is 0. The van der Waals surface area contributed by atoms with Crippen molar-refractivity contribution < 1.29 is 4.39 Å². The summed E-state index contributed by atoms with van der Waals surface area (Å²) in [5.41, 5.74) is 12.7. The van der Waals surface area contributed by atoms with Gasteiger partial charge in [-0.1, -0.05) is 91.9 Å². The van der Waals surface area contributed by atoms with Crippen LogP contribution in [0.2, 0.25) is 0 Å². The molecule has 6 bridgehead atoms. The molecule has 214 valence electrons. The number of rotatable bonds is 3. The maximum atomic E-state index is 14.2. The minimum absolute atomic E-state index is 0.0177. The van der Waals surface area contributed by atoms with Gasteiger partial charge in [0.25, 0.3) is 0 Å². The third-order valence-corrected chi connectivity index (χ3v) is 11.8. The number of benzene rings is 4. The van der Waals surface area contributed by atoms with Crippen LogP contribution in [-0.2, 0) is 5.41 Å². The standard InChI is InChI=1S/C41H38FN/c1-41-25-31(43(29-20-17-28(42)18-21-29)30-19-16-26-8-2-3-9-27(26)24-30)22-23-38(41)37-15-6-12-34-36-14-7-13-35(40(36)41)32-10-4-5-11-33(32)39(34)37/h2-15,17-18,20-21,26-27,30-31,38H,16,19,22-25H2,1H3/t26-,27?,30?,31?,38?,41+/m1/s1. The molecule has 4 aromatic rings. The van der Waals surface area contributed by atoms with E-state index in [0.717, 1.165) is 19.3 Å². The highest BCUT2D eigenvalue weighted by molar-refractivity contribution is 6.01. The quantitative estimate of drug-likeness (QED) is 0.211. The Morgan fingerprint density at radius 1 is 0.651 bits per heavy atom. The van der Waals surface area contributed by atoms with Crippen LogP contribution in [0.15, 0.2) is 109 Å². The summed E-state index contributed by atoms with van der Waals surface area (Å²) in [5, 5.41) is 0. The fourth-order valence-corrected chi connectivity index (χ4v) is 10.0. The van der Waals surface area contributed by atoms with Crippen LogP contribution in [-0.4, -0.2) is 12.1 Å². The Morgan fingerprint density at radius 2 is 1.33 bits per heavy atom. The molecule has 5 aliphatic carbocycles. The third-order valence-electron chi connectivity index (χ3n) is 11.8. The monoisotopic (exact) mass is 563 g/mol. The molecule has 2 saturated carbocycles. The lowest BCUT2D eigenvalue weighted by Crippen LogP contribution is -2.52. The molecule has 0 heterocycles. The van der Waals surface area contributed by atoms with Gasteiger partial charge in [0.1, 0.15) is 5.82 Å². The molecule has 0 amide bonds. The van der Waals surface area contributed by atoms with Crippen LogP contribution in [0.3, 0.4) is 0 Å². The fraction of sp³-hybridized carbons (Fsp3) is 0.317. The van der Waals surface area contributed by atoms with Crippen LogP contribution in [0.4, 0.5) is 10.1 Å². The average molecular weight is 564 g/mol. The molecule has 5 aliphatic rings. The first-order chi connectivity index (χ1) is 21.1. The van der Waals surface area contributed by atoms with Crippen LogP contribution >= 0.6 is 0 Å². The first-order valence-corrected chi connectivity index (χ1v) is 16.4. The predicted octanol–water partition coefficient (Wildman–Crippen LogP) is 10.5. The summed E-state index contributed by atoms with van der Waals surface area (Å²) in [6.45, 7) is 2.58. The summed E-state index contributed by atoms with van der Waals surface area (Å²) >= 11 is 0. The van der Waals surface area contributed by atoms with Gasteiger partial charge in [-0.2, -0.15) is 0 Å². The average Bonchev–Trinajstić information content (AvgIpc) is 3.15. The van der Waals surface area contributed by atoms with Gasteiger partial charge in [-0.3, -0.25) is 0 Å². The van der Waals surface area contributed by atoms with E-state index in [4.69, 9.17) is 0 Å². The molecule has 0 N–H and O–H groups in total. The Bertz CT molecular complexity index is 1780. The van der Waals surface area contributed by atoms with E-state index < -0.39 is 0 Å². The molecule has 2 fully saturated rings. The lowest BCUT2D eigenvalue weighted by atomic mass is 9.58. The molecule has 43 heavy (non-hydrogen) atoms. The highest BCUT2D eigenvalue weighted by Crippen LogP contribution is 2.62. The van der Waals surface area contributed by atoms with Crippen molar-refractivity contribution in [3.05, 3.63) is 126 Å². The Balaban J connectivity index is 1.19. The van der Waals surface area contributed by atoms with Gasteiger partial charge in [-0.05, 0) is 125 Å². The van der Waals surface area contributed by atoms with Crippen LogP contribution in [0.25, 0.3) is 33.4 Å². The van der Waals surface area contributed by atoms with Gasteiger partial charge < -0.3 is 4.90 Å². The van der Waals surface area contributed by atoms with Crippen molar-refractivity contribution in [2.75, 3.05) is 4.90 Å².